The first-order valence-electron chi connectivity index (χ1n) is 4.99. The molecule has 1 aromatic heterocycles. The van der Waals surface area contributed by atoms with E-state index in [-0.39, 0.29) is 5.69 Å². The van der Waals surface area contributed by atoms with Gasteiger partial charge in [0.15, 0.2) is 0 Å². The first-order chi connectivity index (χ1) is 7.54. The van der Waals surface area contributed by atoms with Crippen molar-refractivity contribution in [3.05, 3.63) is 38.5 Å². The van der Waals surface area contributed by atoms with Gasteiger partial charge >= 0.3 is 0 Å². The molecule has 0 aliphatic heterocycles. The van der Waals surface area contributed by atoms with Gasteiger partial charge in [0.05, 0.1) is 4.92 Å². The molecule has 1 heterocycles. The summed E-state index contributed by atoms with van der Waals surface area (Å²) >= 11 is 5.89. The summed E-state index contributed by atoms with van der Waals surface area (Å²) in [4.78, 5) is 13.5. The molecule has 0 saturated carbocycles. The fourth-order valence-electron chi connectivity index (χ4n) is 2.03. The Morgan fingerprint density at radius 3 is 2.75 bits per heavy atom. The van der Waals surface area contributed by atoms with Gasteiger partial charge in [-0.2, -0.15) is 0 Å². The van der Waals surface area contributed by atoms with E-state index in [0.29, 0.717) is 10.5 Å². The summed E-state index contributed by atoms with van der Waals surface area (Å²) in [7, 11) is 0. The lowest BCUT2D eigenvalue weighted by Gasteiger charge is -1.97. The van der Waals surface area contributed by atoms with Crippen molar-refractivity contribution in [3.8, 4) is 0 Å². The zero-order valence-electron chi connectivity index (χ0n) is 9.00. The minimum Gasteiger partial charge on any atom is -0.353 e. The van der Waals surface area contributed by atoms with Crippen LogP contribution >= 0.6 is 11.6 Å². The number of non-ortho nitro benzene ring substituents is 1. The average Bonchev–Trinajstić information content (AvgIpc) is 2.52. The van der Waals surface area contributed by atoms with Gasteiger partial charge in [0.25, 0.3) is 5.69 Å². The molecule has 0 aliphatic rings. The molecule has 4 nitrogen and oxygen atoms in total. The molecule has 0 amide bonds. The van der Waals surface area contributed by atoms with E-state index in [2.05, 4.69) is 4.98 Å². The van der Waals surface area contributed by atoms with E-state index in [9.17, 15) is 10.1 Å². The number of nitro groups is 1. The minimum atomic E-state index is -0.413. The Morgan fingerprint density at radius 1 is 1.50 bits per heavy atom. The predicted octanol–water partition coefficient (Wildman–Crippen LogP) is 3.60. The third-order valence-corrected chi connectivity index (χ3v) is 2.94. The van der Waals surface area contributed by atoms with Crippen molar-refractivity contribution in [1.82, 2.24) is 4.98 Å². The van der Waals surface area contributed by atoms with Gasteiger partial charge in [-0.3, -0.25) is 10.1 Å². The molecule has 0 aliphatic carbocycles. The zero-order chi connectivity index (χ0) is 11.9. The van der Waals surface area contributed by atoms with Gasteiger partial charge < -0.3 is 4.98 Å². The lowest BCUT2D eigenvalue weighted by Crippen LogP contribution is -1.89. The van der Waals surface area contributed by atoms with Crippen LogP contribution in [0.3, 0.4) is 0 Å². The number of fused-ring (bicyclic) bond motifs is 1. The smallest absolute Gasteiger partial charge is 0.294 e. The maximum atomic E-state index is 10.9. The quantitative estimate of drug-likeness (QED) is 0.642. The number of H-pyrrole nitrogens is 1. The first kappa shape index (κ1) is 11.0. The van der Waals surface area contributed by atoms with E-state index in [4.69, 9.17) is 11.6 Å². The SMILES string of the molecule is CCc1c(C)[nH]c2c([N+](=O)[O-])cc(Cl)cc12. The summed E-state index contributed by atoms with van der Waals surface area (Å²) in [5.74, 6) is 0. The standard InChI is InChI=1S/C11H11ClN2O2/c1-3-8-6(2)13-11-9(8)4-7(12)5-10(11)14(15)16/h4-5,13H,3H2,1-2H3. The molecule has 0 atom stereocenters. The van der Waals surface area contributed by atoms with Crippen molar-refractivity contribution in [3.63, 3.8) is 0 Å². The Balaban J connectivity index is 2.88. The Kier molecular flexibility index (Phi) is 2.59. The van der Waals surface area contributed by atoms with Gasteiger partial charge in [-0.05, 0) is 25.0 Å². The highest BCUT2D eigenvalue weighted by Gasteiger charge is 2.18. The molecule has 5 heteroatoms. The number of benzene rings is 1. The van der Waals surface area contributed by atoms with Gasteiger partial charge in [0, 0.05) is 22.2 Å². The summed E-state index contributed by atoms with van der Waals surface area (Å²) in [5, 5.41) is 12.1. The molecule has 1 aromatic carbocycles. The molecule has 84 valence electrons. The van der Waals surface area contributed by atoms with Crippen LogP contribution in [0.25, 0.3) is 10.9 Å². The third-order valence-electron chi connectivity index (χ3n) is 2.72. The zero-order valence-corrected chi connectivity index (χ0v) is 9.76. The number of nitrogens with one attached hydrogen (secondary N) is 1. The fourth-order valence-corrected chi connectivity index (χ4v) is 2.24. The van der Waals surface area contributed by atoms with Crippen molar-refractivity contribution >= 4 is 28.2 Å². The van der Waals surface area contributed by atoms with E-state index in [0.717, 1.165) is 23.1 Å². The molecule has 2 aromatic rings. The van der Waals surface area contributed by atoms with Gasteiger partial charge in [-0.25, -0.2) is 0 Å². The molecule has 2 rings (SSSR count). The van der Waals surface area contributed by atoms with Crippen LogP contribution < -0.4 is 0 Å². The van der Waals surface area contributed by atoms with Crippen molar-refractivity contribution in [2.24, 2.45) is 0 Å². The van der Waals surface area contributed by atoms with Gasteiger partial charge in [-0.1, -0.05) is 18.5 Å². The summed E-state index contributed by atoms with van der Waals surface area (Å²) in [6.45, 7) is 3.93. The van der Waals surface area contributed by atoms with Crippen molar-refractivity contribution in [1.29, 1.82) is 0 Å². The van der Waals surface area contributed by atoms with Gasteiger partial charge in [0.1, 0.15) is 5.52 Å². The van der Waals surface area contributed by atoms with Crippen LogP contribution in [0.5, 0.6) is 0 Å². The van der Waals surface area contributed by atoms with E-state index >= 15 is 0 Å². The third kappa shape index (κ3) is 1.55. The van der Waals surface area contributed by atoms with E-state index in [1.54, 1.807) is 6.07 Å². The summed E-state index contributed by atoms with van der Waals surface area (Å²) in [5.41, 5.74) is 2.64. The molecule has 0 bridgehead atoms. The topological polar surface area (TPSA) is 58.9 Å². The lowest BCUT2D eigenvalue weighted by atomic mass is 10.1. The maximum Gasteiger partial charge on any atom is 0.294 e. The number of hydrogen-bond acceptors (Lipinski definition) is 2. The summed E-state index contributed by atoms with van der Waals surface area (Å²) in [6, 6.07) is 3.14. The van der Waals surface area contributed by atoms with Gasteiger partial charge in [0.2, 0.25) is 0 Å². The number of halogens is 1. The highest BCUT2D eigenvalue weighted by molar-refractivity contribution is 6.31. The second-order valence-corrected chi connectivity index (χ2v) is 4.12. The second kappa shape index (κ2) is 3.79. The van der Waals surface area contributed by atoms with Crippen LogP contribution in [0, 0.1) is 17.0 Å². The number of aromatic amines is 1. The molecule has 0 spiro atoms. The van der Waals surface area contributed by atoms with Crippen LogP contribution in [0.2, 0.25) is 5.02 Å². The van der Waals surface area contributed by atoms with E-state index in [1.807, 2.05) is 13.8 Å². The van der Waals surface area contributed by atoms with Gasteiger partial charge in [-0.15, -0.1) is 0 Å². The largest absolute Gasteiger partial charge is 0.353 e. The molecule has 16 heavy (non-hydrogen) atoms. The average molecular weight is 239 g/mol. The number of rotatable bonds is 2. The Labute approximate surface area is 97.4 Å². The van der Waals surface area contributed by atoms with Crippen molar-refractivity contribution < 1.29 is 4.92 Å². The number of aryl methyl sites for hydroxylation is 2. The maximum absolute atomic E-state index is 10.9. The molecular formula is C11H11ClN2O2. The van der Waals surface area contributed by atoms with Crippen LogP contribution in [-0.2, 0) is 6.42 Å². The molecule has 0 radical (unpaired) electrons. The normalized spacial score (nSPS) is 10.9. The van der Waals surface area contributed by atoms with E-state index < -0.39 is 4.92 Å². The number of aromatic nitrogens is 1. The predicted molar refractivity (Wildman–Crippen MR) is 64.1 cm³/mol. The fraction of sp³-hybridized carbons (Fsp3) is 0.273. The summed E-state index contributed by atoms with van der Waals surface area (Å²) in [6.07, 6.45) is 0.823. The van der Waals surface area contributed by atoms with Crippen molar-refractivity contribution in [2.75, 3.05) is 0 Å². The van der Waals surface area contributed by atoms with Crippen LogP contribution in [0.4, 0.5) is 5.69 Å². The first-order valence-corrected chi connectivity index (χ1v) is 5.37. The Bertz CT molecular complexity index is 575. The highest BCUT2D eigenvalue weighted by atomic mass is 35.5. The monoisotopic (exact) mass is 238 g/mol. The molecule has 0 saturated heterocycles. The summed E-state index contributed by atoms with van der Waals surface area (Å²) < 4.78 is 0. The molecule has 0 unspecified atom stereocenters. The van der Waals surface area contributed by atoms with Crippen LogP contribution in [0.1, 0.15) is 18.2 Å². The van der Waals surface area contributed by atoms with Crippen LogP contribution in [-0.4, -0.2) is 9.91 Å². The number of hydrogen-bond donors (Lipinski definition) is 1. The lowest BCUT2D eigenvalue weighted by molar-refractivity contribution is -0.383. The molecule has 0 fully saturated rings. The molecule has 1 N–H and O–H groups in total. The molecular weight excluding hydrogens is 228 g/mol. The minimum absolute atomic E-state index is 0.0327. The Hall–Kier alpha value is -1.55. The number of nitro benzene ring substituents is 1. The van der Waals surface area contributed by atoms with E-state index in [1.165, 1.54) is 6.07 Å². The number of nitrogens with zero attached hydrogens (tertiary/aromatic N) is 1. The van der Waals surface area contributed by atoms with Crippen molar-refractivity contribution in [2.45, 2.75) is 20.3 Å². The highest BCUT2D eigenvalue weighted by Crippen LogP contribution is 2.33. The Morgan fingerprint density at radius 2 is 2.19 bits per heavy atom. The van der Waals surface area contributed by atoms with Crippen LogP contribution in [0.15, 0.2) is 12.1 Å². The second-order valence-electron chi connectivity index (χ2n) is 3.69.